The van der Waals surface area contributed by atoms with E-state index in [2.05, 4.69) is 59.8 Å². The molecule has 20 heavy (non-hydrogen) atoms. The lowest BCUT2D eigenvalue weighted by molar-refractivity contribution is 0.409. The van der Waals surface area contributed by atoms with Gasteiger partial charge in [0.05, 0.1) is 16.1 Å². The normalized spacial score (nSPS) is 10.4. The van der Waals surface area contributed by atoms with Gasteiger partial charge in [0, 0.05) is 20.8 Å². The lowest BCUT2D eigenvalue weighted by Crippen LogP contribution is -2.01. The third kappa shape index (κ3) is 4.02. The maximum absolute atomic E-state index is 5.95. The predicted octanol–water partition coefficient (Wildman–Crippen LogP) is 6.09. The van der Waals surface area contributed by atoms with Crippen LogP contribution in [0.25, 0.3) is 0 Å². The van der Waals surface area contributed by atoms with Gasteiger partial charge in [-0.2, -0.15) is 0 Å². The fraction of sp³-hybridized carbons (Fsp3) is 0.143. The molecule has 0 fully saturated rings. The van der Waals surface area contributed by atoms with Crippen LogP contribution in [-0.2, 0) is 6.54 Å². The molecule has 0 saturated carbocycles. The molecule has 0 spiro atoms. The van der Waals surface area contributed by atoms with Gasteiger partial charge in [-0.15, -0.1) is 0 Å². The van der Waals surface area contributed by atoms with E-state index >= 15 is 0 Å². The molecule has 2 aromatic rings. The second kappa shape index (κ2) is 7.33. The largest absolute Gasteiger partial charge is 0.494 e. The van der Waals surface area contributed by atoms with E-state index in [1.165, 1.54) is 0 Å². The Morgan fingerprint density at radius 1 is 1.20 bits per heavy atom. The van der Waals surface area contributed by atoms with E-state index in [0.29, 0.717) is 0 Å². The minimum absolute atomic E-state index is 0.721. The first-order chi connectivity index (χ1) is 9.51. The number of hydrogen-bond donors (Lipinski definition) is 1. The number of ether oxygens (including phenoxy) is 1. The molecule has 2 nitrogen and oxygen atoms in total. The Labute approximate surface area is 153 Å². The molecule has 0 aliphatic rings. The standard InChI is InChI=1S/C14H11Br2ClINO/c1-20-14-10(15)4-8(5-11(14)16)7-19-13-3-2-9(17)6-12(13)18/h2-6,19H,7H2,1H3. The molecule has 0 bridgehead atoms. The van der Waals surface area contributed by atoms with Crippen LogP contribution in [0.15, 0.2) is 39.3 Å². The van der Waals surface area contributed by atoms with Crippen molar-refractivity contribution in [1.29, 1.82) is 0 Å². The minimum atomic E-state index is 0.721. The van der Waals surface area contributed by atoms with E-state index in [4.69, 9.17) is 16.3 Å². The van der Waals surface area contributed by atoms with Crippen LogP contribution < -0.4 is 10.1 Å². The summed E-state index contributed by atoms with van der Waals surface area (Å²) in [7, 11) is 1.65. The summed E-state index contributed by atoms with van der Waals surface area (Å²) < 4.78 is 8.25. The van der Waals surface area contributed by atoms with Crippen LogP contribution >= 0.6 is 66.1 Å². The van der Waals surface area contributed by atoms with Crippen molar-refractivity contribution in [2.75, 3.05) is 12.4 Å². The monoisotopic (exact) mass is 529 g/mol. The van der Waals surface area contributed by atoms with Crippen molar-refractivity contribution < 1.29 is 4.74 Å². The summed E-state index contributed by atoms with van der Waals surface area (Å²) in [6.07, 6.45) is 0. The van der Waals surface area contributed by atoms with Gasteiger partial charge in [0.1, 0.15) is 5.75 Å². The molecule has 0 saturated heterocycles. The van der Waals surface area contributed by atoms with E-state index < -0.39 is 0 Å². The van der Waals surface area contributed by atoms with Crippen LogP contribution in [-0.4, -0.2) is 7.11 Å². The molecule has 0 unspecified atom stereocenters. The lowest BCUT2D eigenvalue weighted by Gasteiger charge is -2.12. The van der Waals surface area contributed by atoms with Crippen molar-refractivity contribution >= 4 is 71.7 Å². The number of nitrogens with one attached hydrogen (secondary N) is 1. The lowest BCUT2D eigenvalue weighted by atomic mass is 10.2. The number of benzene rings is 2. The van der Waals surface area contributed by atoms with Gasteiger partial charge in [0.25, 0.3) is 0 Å². The summed E-state index contributed by atoms with van der Waals surface area (Å²) in [6, 6.07) is 9.88. The Morgan fingerprint density at radius 3 is 2.40 bits per heavy atom. The molecule has 2 rings (SSSR count). The van der Waals surface area contributed by atoms with Crippen molar-refractivity contribution in [1.82, 2.24) is 0 Å². The second-order valence-corrected chi connectivity index (χ2v) is 7.38. The summed E-state index contributed by atoms with van der Waals surface area (Å²) in [6.45, 7) is 0.721. The minimum Gasteiger partial charge on any atom is -0.494 e. The van der Waals surface area contributed by atoms with Crippen molar-refractivity contribution in [3.63, 3.8) is 0 Å². The third-order valence-electron chi connectivity index (χ3n) is 2.68. The molecular formula is C14H11Br2ClINO. The van der Waals surface area contributed by atoms with Crippen molar-refractivity contribution in [3.05, 3.63) is 53.4 Å². The second-order valence-electron chi connectivity index (χ2n) is 4.07. The molecule has 0 aliphatic heterocycles. The number of hydrogen-bond acceptors (Lipinski definition) is 2. The summed E-state index contributed by atoms with van der Waals surface area (Å²) in [5, 5.41) is 4.14. The number of anilines is 1. The molecule has 0 aromatic heterocycles. The van der Waals surface area contributed by atoms with Crippen molar-refractivity contribution in [2.24, 2.45) is 0 Å². The highest BCUT2D eigenvalue weighted by Gasteiger charge is 2.08. The average molecular weight is 531 g/mol. The first-order valence-electron chi connectivity index (χ1n) is 5.72. The van der Waals surface area contributed by atoms with Gasteiger partial charge in [0.15, 0.2) is 0 Å². The first-order valence-corrected chi connectivity index (χ1v) is 8.76. The summed E-state index contributed by atoms with van der Waals surface area (Å²) >= 11 is 15.2. The highest BCUT2D eigenvalue weighted by atomic mass is 127. The van der Waals surface area contributed by atoms with Gasteiger partial charge >= 0.3 is 0 Å². The Balaban J connectivity index is 2.15. The summed E-state index contributed by atoms with van der Waals surface area (Å²) in [4.78, 5) is 0. The van der Waals surface area contributed by atoms with Crippen LogP contribution in [0.5, 0.6) is 5.75 Å². The number of methoxy groups -OCH3 is 1. The zero-order valence-corrected chi connectivity index (χ0v) is 16.6. The maximum Gasteiger partial charge on any atom is 0.147 e. The van der Waals surface area contributed by atoms with Gasteiger partial charge < -0.3 is 10.1 Å². The van der Waals surface area contributed by atoms with Crippen LogP contribution in [0.3, 0.4) is 0 Å². The molecule has 0 atom stereocenters. The van der Waals surface area contributed by atoms with E-state index in [1.54, 1.807) is 7.11 Å². The van der Waals surface area contributed by atoms with E-state index in [1.807, 2.05) is 30.3 Å². The molecule has 0 heterocycles. The van der Waals surface area contributed by atoms with Crippen LogP contribution in [0.1, 0.15) is 5.56 Å². The fourth-order valence-corrected chi connectivity index (χ4v) is 4.41. The van der Waals surface area contributed by atoms with Crippen LogP contribution in [0.2, 0.25) is 5.02 Å². The highest BCUT2D eigenvalue weighted by molar-refractivity contribution is 14.1. The zero-order valence-electron chi connectivity index (χ0n) is 10.5. The topological polar surface area (TPSA) is 21.3 Å². The molecular weight excluding hydrogens is 520 g/mol. The van der Waals surface area contributed by atoms with Gasteiger partial charge in [-0.05, 0) is 90.3 Å². The SMILES string of the molecule is COc1c(Br)cc(CNc2ccc(Cl)cc2I)cc1Br. The zero-order chi connectivity index (χ0) is 14.7. The Morgan fingerprint density at radius 2 is 1.85 bits per heavy atom. The smallest absolute Gasteiger partial charge is 0.147 e. The van der Waals surface area contributed by atoms with Crippen molar-refractivity contribution in [3.8, 4) is 5.75 Å². The number of halogens is 4. The van der Waals surface area contributed by atoms with E-state index in [9.17, 15) is 0 Å². The summed E-state index contributed by atoms with van der Waals surface area (Å²) in [5.41, 5.74) is 2.22. The van der Waals surface area contributed by atoms with Crippen LogP contribution in [0.4, 0.5) is 5.69 Å². The molecule has 6 heteroatoms. The molecule has 0 aliphatic carbocycles. The third-order valence-corrected chi connectivity index (χ3v) is 4.98. The van der Waals surface area contributed by atoms with E-state index in [0.717, 1.165) is 41.1 Å². The van der Waals surface area contributed by atoms with Gasteiger partial charge in [-0.3, -0.25) is 0 Å². The van der Waals surface area contributed by atoms with E-state index in [-0.39, 0.29) is 0 Å². The Kier molecular flexibility index (Phi) is 6.01. The Bertz CT molecular complexity index is 614. The van der Waals surface area contributed by atoms with Gasteiger partial charge in [-0.1, -0.05) is 11.6 Å². The number of rotatable bonds is 4. The Hall–Kier alpha value is 0.0200. The molecule has 1 N–H and O–H groups in total. The molecule has 0 radical (unpaired) electrons. The van der Waals surface area contributed by atoms with Crippen molar-refractivity contribution in [2.45, 2.75) is 6.54 Å². The first kappa shape index (κ1) is 16.4. The predicted molar refractivity (Wildman–Crippen MR) is 99.9 cm³/mol. The van der Waals surface area contributed by atoms with Crippen LogP contribution in [0, 0.1) is 3.57 Å². The maximum atomic E-state index is 5.95. The summed E-state index contributed by atoms with van der Waals surface area (Å²) in [5.74, 6) is 0.801. The molecule has 0 amide bonds. The molecule has 2 aromatic carbocycles. The molecule has 106 valence electrons. The highest BCUT2D eigenvalue weighted by Crippen LogP contribution is 2.34. The fourth-order valence-electron chi connectivity index (χ4n) is 1.74. The van der Waals surface area contributed by atoms with Gasteiger partial charge in [0.2, 0.25) is 0 Å². The quantitative estimate of drug-likeness (QED) is 0.483. The average Bonchev–Trinajstić information content (AvgIpc) is 2.37. The van der Waals surface area contributed by atoms with Gasteiger partial charge in [-0.25, -0.2) is 0 Å².